The van der Waals surface area contributed by atoms with Crippen LogP contribution in [0.15, 0.2) is 78.5 Å². The van der Waals surface area contributed by atoms with E-state index in [0.29, 0.717) is 0 Å². The fourth-order valence-electron chi connectivity index (χ4n) is 2.13. The Hall–Kier alpha value is -2.92. The van der Waals surface area contributed by atoms with Gasteiger partial charge in [-0.25, -0.2) is 0 Å². The first-order valence-electron chi connectivity index (χ1n) is 8.51. The average Bonchev–Trinajstić information content (AvgIpc) is 2.56. The van der Waals surface area contributed by atoms with Gasteiger partial charge in [0.15, 0.2) is 0 Å². The van der Waals surface area contributed by atoms with Gasteiger partial charge in [0.25, 0.3) is 0 Å². The maximum absolute atomic E-state index is 3.40. The molecule has 0 saturated carbocycles. The normalized spacial score (nSPS) is 11.8. The molecule has 0 heterocycles. The highest BCUT2D eigenvalue weighted by Gasteiger charge is 2.02. The summed E-state index contributed by atoms with van der Waals surface area (Å²) in [5, 5.41) is 6.78. The minimum absolute atomic E-state index is 0.00228. The van der Waals surface area contributed by atoms with Crippen molar-refractivity contribution in [1.82, 2.24) is 0 Å². The minimum atomic E-state index is 0.00228. The molecule has 0 aromatic heterocycles. The molecule has 0 atom stereocenters. The molecule has 25 heavy (non-hydrogen) atoms. The standard InChI is InChI=1S/C23H26N2/c1-5-10-19(13-9-18-23(2,3)4)24-21-14-16-22(17-15-21)25-20-11-7-6-8-12-20/h5-8,10-17,24-25H,1-4H3/b10-5-,19-13+. The predicted octanol–water partition coefficient (Wildman–Crippen LogP) is 6.35. The molecule has 0 aliphatic heterocycles. The number of para-hydroxylation sites is 1. The van der Waals surface area contributed by atoms with Gasteiger partial charge in [-0.2, -0.15) is 0 Å². The van der Waals surface area contributed by atoms with Crippen LogP contribution in [0, 0.1) is 17.3 Å². The van der Waals surface area contributed by atoms with Crippen LogP contribution in [0.3, 0.4) is 0 Å². The summed E-state index contributed by atoms with van der Waals surface area (Å²) in [6.07, 6.45) is 5.94. The summed E-state index contributed by atoms with van der Waals surface area (Å²) in [6, 6.07) is 18.4. The lowest BCUT2D eigenvalue weighted by Crippen LogP contribution is -2.00. The van der Waals surface area contributed by atoms with Gasteiger partial charge in [-0.15, -0.1) is 0 Å². The maximum atomic E-state index is 3.40. The Bertz CT molecular complexity index is 780. The zero-order chi connectivity index (χ0) is 18.1. The SMILES string of the molecule is C/C=C\C(=C/C#CC(C)(C)C)Nc1ccc(Nc2ccccc2)cc1. The highest BCUT2D eigenvalue weighted by molar-refractivity contribution is 5.63. The van der Waals surface area contributed by atoms with Crippen LogP contribution in [0.25, 0.3) is 0 Å². The van der Waals surface area contributed by atoms with E-state index in [9.17, 15) is 0 Å². The molecular weight excluding hydrogens is 304 g/mol. The number of hydrogen-bond donors (Lipinski definition) is 2. The molecule has 0 unspecified atom stereocenters. The summed E-state index contributed by atoms with van der Waals surface area (Å²) >= 11 is 0. The van der Waals surface area contributed by atoms with Crippen molar-refractivity contribution < 1.29 is 0 Å². The first kappa shape index (κ1) is 18.4. The van der Waals surface area contributed by atoms with Gasteiger partial charge in [0.2, 0.25) is 0 Å². The Morgan fingerprint density at radius 3 is 2.08 bits per heavy atom. The van der Waals surface area contributed by atoms with Crippen LogP contribution in [-0.4, -0.2) is 0 Å². The van der Waals surface area contributed by atoms with Crippen LogP contribution < -0.4 is 10.6 Å². The van der Waals surface area contributed by atoms with Gasteiger partial charge in [-0.05, 0) is 70.2 Å². The number of hydrogen-bond acceptors (Lipinski definition) is 2. The molecule has 2 heteroatoms. The van der Waals surface area contributed by atoms with E-state index in [1.54, 1.807) is 0 Å². The fourth-order valence-corrected chi connectivity index (χ4v) is 2.13. The minimum Gasteiger partial charge on any atom is -0.356 e. The third-order valence-corrected chi connectivity index (χ3v) is 3.26. The van der Waals surface area contributed by atoms with Crippen LogP contribution >= 0.6 is 0 Å². The van der Waals surface area contributed by atoms with Gasteiger partial charge < -0.3 is 10.6 Å². The zero-order valence-electron chi connectivity index (χ0n) is 15.4. The molecule has 0 aliphatic rings. The molecule has 0 aliphatic carbocycles. The van der Waals surface area contributed by atoms with Crippen molar-refractivity contribution in [3.05, 3.63) is 78.5 Å². The molecular formula is C23H26N2. The van der Waals surface area contributed by atoms with Gasteiger partial charge in [-0.3, -0.25) is 0 Å². The second-order valence-electron chi connectivity index (χ2n) is 6.81. The van der Waals surface area contributed by atoms with E-state index >= 15 is 0 Å². The second-order valence-corrected chi connectivity index (χ2v) is 6.81. The lowest BCUT2D eigenvalue weighted by atomic mass is 9.98. The van der Waals surface area contributed by atoms with E-state index in [-0.39, 0.29) is 5.41 Å². The molecule has 0 saturated heterocycles. The predicted molar refractivity (Wildman–Crippen MR) is 110 cm³/mol. The Labute approximate surface area is 151 Å². The van der Waals surface area contributed by atoms with Crippen LogP contribution in [0.5, 0.6) is 0 Å². The summed E-state index contributed by atoms with van der Waals surface area (Å²) in [4.78, 5) is 0. The number of allylic oxidation sites excluding steroid dienone is 3. The summed E-state index contributed by atoms with van der Waals surface area (Å²) in [5.41, 5.74) is 4.14. The Morgan fingerprint density at radius 2 is 1.48 bits per heavy atom. The monoisotopic (exact) mass is 330 g/mol. The van der Waals surface area contributed by atoms with Crippen LogP contribution in [0.1, 0.15) is 27.7 Å². The topological polar surface area (TPSA) is 24.1 Å². The third-order valence-electron chi connectivity index (χ3n) is 3.26. The third kappa shape index (κ3) is 7.01. The van der Waals surface area contributed by atoms with E-state index in [4.69, 9.17) is 0 Å². The van der Waals surface area contributed by atoms with E-state index < -0.39 is 0 Å². The van der Waals surface area contributed by atoms with Crippen molar-refractivity contribution in [2.45, 2.75) is 27.7 Å². The van der Waals surface area contributed by atoms with Crippen LogP contribution in [-0.2, 0) is 0 Å². The van der Waals surface area contributed by atoms with E-state index in [1.807, 2.05) is 55.5 Å². The fraction of sp³-hybridized carbons (Fsp3) is 0.217. The smallest absolute Gasteiger partial charge is 0.0465 e. The van der Waals surface area contributed by atoms with Gasteiger partial charge >= 0.3 is 0 Å². The van der Waals surface area contributed by atoms with Gasteiger partial charge in [0.1, 0.15) is 0 Å². The van der Waals surface area contributed by atoms with Gasteiger partial charge in [0, 0.05) is 34.3 Å². The van der Waals surface area contributed by atoms with Crippen molar-refractivity contribution in [2.24, 2.45) is 5.41 Å². The van der Waals surface area contributed by atoms with Crippen molar-refractivity contribution in [1.29, 1.82) is 0 Å². The lowest BCUT2D eigenvalue weighted by molar-refractivity contribution is 0.571. The lowest BCUT2D eigenvalue weighted by Gasteiger charge is -2.10. The van der Waals surface area contributed by atoms with E-state index in [2.05, 4.69) is 67.5 Å². The van der Waals surface area contributed by atoms with Crippen molar-refractivity contribution in [3.8, 4) is 11.8 Å². The largest absolute Gasteiger partial charge is 0.356 e. The molecule has 0 amide bonds. The molecule has 0 radical (unpaired) electrons. The molecule has 128 valence electrons. The summed E-state index contributed by atoms with van der Waals surface area (Å²) < 4.78 is 0. The second kappa shape index (κ2) is 8.80. The van der Waals surface area contributed by atoms with Gasteiger partial charge in [-0.1, -0.05) is 36.1 Å². The molecule has 0 spiro atoms. The summed E-state index contributed by atoms with van der Waals surface area (Å²) in [5.74, 6) is 6.36. The molecule has 0 bridgehead atoms. The zero-order valence-corrected chi connectivity index (χ0v) is 15.4. The first-order valence-corrected chi connectivity index (χ1v) is 8.51. The van der Waals surface area contributed by atoms with E-state index in [0.717, 1.165) is 22.8 Å². The number of anilines is 3. The number of rotatable bonds is 5. The molecule has 2 aromatic carbocycles. The molecule has 2 nitrogen and oxygen atoms in total. The Kier molecular flexibility index (Phi) is 6.48. The average molecular weight is 330 g/mol. The van der Waals surface area contributed by atoms with Crippen LogP contribution in [0.4, 0.5) is 17.1 Å². The highest BCUT2D eigenvalue weighted by atomic mass is 14.9. The summed E-state index contributed by atoms with van der Waals surface area (Å²) in [6.45, 7) is 8.32. The number of nitrogens with one attached hydrogen (secondary N) is 2. The molecule has 0 fully saturated rings. The van der Waals surface area contributed by atoms with Crippen molar-refractivity contribution in [3.63, 3.8) is 0 Å². The van der Waals surface area contributed by atoms with E-state index in [1.165, 1.54) is 0 Å². The summed E-state index contributed by atoms with van der Waals surface area (Å²) in [7, 11) is 0. The van der Waals surface area contributed by atoms with Crippen LogP contribution in [0.2, 0.25) is 0 Å². The Morgan fingerprint density at radius 1 is 0.880 bits per heavy atom. The number of benzene rings is 2. The molecule has 2 aromatic rings. The highest BCUT2D eigenvalue weighted by Crippen LogP contribution is 2.19. The quantitative estimate of drug-likeness (QED) is 0.493. The Balaban J connectivity index is 2.07. The molecule has 2 rings (SSSR count). The van der Waals surface area contributed by atoms with Crippen molar-refractivity contribution in [2.75, 3.05) is 10.6 Å². The first-order chi connectivity index (χ1) is 12.0. The molecule has 2 N–H and O–H groups in total. The van der Waals surface area contributed by atoms with Crippen molar-refractivity contribution >= 4 is 17.1 Å². The maximum Gasteiger partial charge on any atom is 0.0465 e. The van der Waals surface area contributed by atoms with Gasteiger partial charge in [0.05, 0.1) is 0 Å².